The maximum atomic E-state index is 12.5. The second kappa shape index (κ2) is 7.85. The molecule has 0 aromatic heterocycles. The predicted molar refractivity (Wildman–Crippen MR) is 99.7 cm³/mol. The Morgan fingerprint density at radius 3 is 2.11 bits per heavy atom. The molecule has 8 heteroatoms. The number of nitrogens with zero attached hydrogens (tertiary/aromatic N) is 2. The Hall–Kier alpha value is -2.51. The molecule has 0 spiro atoms. The molecular formula is C20H25F3N2O3. The molecule has 1 aromatic rings. The van der Waals surface area contributed by atoms with Gasteiger partial charge in [-0.3, -0.25) is 9.69 Å². The number of amides is 2. The first-order valence-electron chi connectivity index (χ1n) is 9.00. The van der Waals surface area contributed by atoms with Gasteiger partial charge >= 0.3 is 18.2 Å². The predicted octanol–water partition coefficient (Wildman–Crippen LogP) is 4.70. The third kappa shape index (κ3) is 4.85. The van der Waals surface area contributed by atoms with E-state index in [4.69, 9.17) is 0 Å². The van der Waals surface area contributed by atoms with Gasteiger partial charge in [0, 0.05) is 18.6 Å². The van der Waals surface area contributed by atoms with Crippen molar-refractivity contribution in [3.63, 3.8) is 0 Å². The van der Waals surface area contributed by atoms with Crippen LogP contribution in [0.15, 0.2) is 30.3 Å². The Bertz CT molecular complexity index is 764. The van der Waals surface area contributed by atoms with Gasteiger partial charge in [0.2, 0.25) is 0 Å². The summed E-state index contributed by atoms with van der Waals surface area (Å²) in [5.74, 6) is -1.82. The maximum Gasteiger partial charge on any atom is 0.471 e. The lowest BCUT2D eigenvalue weighted by Gasteiger charge is -2.38. The largest absolute Gasteiger partial charge is 0.471 e. The number of hydrogen-bond donors (Lipinski definition) is 1. The van der Waals surface area contributed by atoms with E-state index in [1.54, 1.807) is 6.08 Å². The zero-order chi connectivity index (χ0) is 21.3. The molecule has 0 aliphatic carbocycles. The van der Waals surface area contributed by atoms with E-state index >= 15 is 0 Å². The van der Waals surface area contributed by atoms with E-state index in [9.17, 15) is 27.9 Å². The van der Waals surface area contributed by atoms with E-state index < -0.39 is 23.7 Å². The Labute approximate surface area is 162 Å². The van der Waals surface area contributed by atoms with Crippen molar-refractivity contribution in [1.29, 1.82) is 0 Å². The van der Waals surface area contributed by atoms with E-state index in [1.807, 2.05) is 52.0 Å². The van der Waals surface area contributed by atoms with Crippen LogP contribution >= 0.6 is 0 Å². The fourth-order valence-electron chi connectivity index (χ4n) is 3.45. The Morgan fingerprint density at radius 2 is 1.71 bits per heavy atom. The van der Waals surface area contributed by atoms with Crippen molar-refractivity contribution in [2.24, 2.45) is 0 Å². The average molecular weight is 398 g/mol. The summed E-state index contributed by atoms with van der Waals surface area (Å²) in [7, 11) is 0. The molecule has 1 N–H and O–H groups in total. The molecule has 1 aromatic carbocycles. The van der Waals surface area contributed by atoms with Gasteiger partial charge in [-0.15, -0.1) is 0 Å². The lowest BCUT2D eigenvalue weighted by molar-refractivity contribution is -0.185. The fourth-order valence-corrected chi connectivity index (χ4v) is 3.45. The second-order valence-electron chi connectivity index (χ2n) is 7.85. The minimum Gasteiger partial charge on any atom is -0.465 e. The molecule has 0 radical (unpaired) electrons. The highest BCUT2D eigenvalue weighted by atomic mass is 19.4. The third-order valence-electron chi connectivity index (χ3n) is 4.82. The minimum atomic E-state index is -4.85. The van der Waals surface area contributed by atoms with E-state index in [0.717, 1.165) is 21.6 Å². The van der Waals surface area contributed by atoms with Crippen molar-refractivity contribution in [3.05, 3.63) is 41.5 Å². The molecule has 2 rings (SSSR count). The SMILES string of the molecule is C[C@@H](c1ccc(C2=CCN(C(=O)C(F)(F)F)CC2)cc1)N(C(=O)O)C(C)(C)C. The smallest absolute Gasteiger partial charge is 0.465 e. The average Bonchev–Trinajstić information content (AvgIpc) is 2.59. The molecule has 0 unspecified atom stereocenters. The molecule has 1 atom stereocenters. The molecule has 1 heterocycles. The van der Waals surface area contributed by atoms with Crippen LogP contribution in [0.2, 0.25) is 0 Å². The first-order chi connectivity index (χ1) is 12.8. The van der Waals surface area contributed by atoms with Crippen LogP contribution < -0.4 is 0 Å². The number of carbonyl (C=O) groups excluding carboxylic acids is 1. The molecule has 0 saturated heterocycles. The highest BCUT2D eigenvalue weighted by molar-refractivity contribution is 5.83. The number of alkyl halides is 3. The van der Waals surface area contributed by atoms with Crippen molar-refractivity contribution < 1.29 is 27.9 Å². The van der Waals surface area contributed by atoms with Crippen molar-refractivity contribution >= 4 is 17.6 Å². The Morgan fingerprint density at radius 1 is 1.14 bits per heavy atom. The van der Waals surface area contributed by atoms with E-state index in [2.05, 4.69) is 0 Å². The Kier molecular flexibility index (Phi) is 6.11. The quantitative estimate of drug-likeness (QED) is 0.803. The van der Waals surface area contributed by atoms with Crippen LogP contribution in [-0.4, -0.2) is 51.7 Å². The van der Waals surface area contributed by atoms with Gasteiger partial charge in [-0.05, 0) is 50.8 Å². The van der Waals surface area contributed by atoms with Crippen LogP contribution in [0.4, 0.5) is 18.0 Å². The number of carbonyl (C=O) groups is 2. The normalized spacial score (nSPS) is 16.4. The van der Waals surface area contributed by atoms with E-state index in [0.29, 0.717) is 6.42 Å². The van der Waals surface area contributed by atoms with Gasteiger partial charge in [0.25, 0.3) is 0 Å². The molecule has 1 aliphatic rings. The van der Waals surface area contributed by atoms with Gasteiger partial charge in [0.1, 0.15) is 0 Å². The number of rotatable bonds is 3. The summed E-state index contributed by atoms with van der Waals surface area (Å²) in [5.41, 5.74) is 1.99. The molecule has 0 bridgehead atoms. The first-order valence-corrected chi connectivity index (χ1v) is 9.00. The maximum absolute atomic E-state index is 12.5. The molecule has 2 amide bonds. The lowest BCUT2D eigenvalue weighted by Crippen LogP contribution is -2.46. The number of halogens is 3. The summed E-state index contributed by atoms with van der Waals surface area (Å²) in [6.45, 7) is 7.23. The van der Waals surface area contributed by atoms with Gasteiger partial charge in [-0.2, -0.15) is 13.2 Å². The minimum absolute atomic E-state index is 0.0130. The monoisotopic (exact) mass is 398 g/mol. The molecular weight excluding hydrogens is 373 g/mol. The van der Waals surface area contributed by atoms with Crippen LogP contribution in [-0.2, 0) is 4.79 Å². The summed E-state index contributed by atoms with van der Waals surface area (Å²) < 4.78 is 37.6. The summed E-state index contributed by atoms with van der Waals surface area (Å²) >= 11 is 0. The van der Waals surface area contributed by atoms with Crippen LogP contribution in [0.1, 0.15) is 51.3 Å². The number of benzene rings is 1. The van der Waals surface area contributed by atoms with Crippen molar-refractivity contribution in [2.45, 2.75) is 51.9 Å². The molecule has 0 saturated carbocycles. The van der Waals surface area contributed by atoms with Crippen LogP contribution in [0.5, 0.6) is 0 Å². The second-order valence-corrected chi connectivity index (χ2v) is 7.85. The lowest BCUT2D eigenvalue weighted by atomic mass is 9.95. The van der Waals surface area contributed by atoms with Gasteiger partial charge in [-0.25, -0.2) is 4.79 Å². The van der Waals surface area contributed by atoms with Crippen molar-refractivity contribution in [3.8, 4) is 0 Å². The topological polar surface area (TPSA) is 60.9 Å². The zero-order valence-corrected chi connectivity index (χ0v) is 16.4. The fraction of sp³-hybridized carbons (Fsp3) is 0.500. The van der Waals surface area contributed by atoms with Crippen molar-refractivity contribution in [1.82, 2.24) is 9.80 Å². The molecule has 28 heavy (non-hydrogen) atoms. The van der Waals surface area contributed by atoms with Crippen molar-refractivity contribution in [2.75, 3.05) is 13.1 Å². The van der Waals surface area contributed by atoms with Gasteiger partial charge in [-0.1, -0.05) is 30.3 Å². The van der Waals surface area contributed by atoms with Gasteiger partial charge in [0.05, 0.1) is 6.04 Å². The summed E-state index contributed by atoms with van der Waals surface area (Å²) in [6.07, 6.45) is -3.90. The van der Waals surface area contributed by atoms with Crippen LogP contribution in [0.25, 0.3) is 5.57 Å². The summed E-state index contributed by atoms with van der Waals surface area (Å²) in [4.78, 5) is 25.1. The molecule has 5 nitrogen and oxygen atoms in total. The highest BCUT2D eigenvalue weighted by Gasteiger charge is 2.42. The van der Waals surface area contributed by atoms with Gasteiger partial charge < -0.3 is 10.0 Å². The van der Waals surface area contributed by atoms with Gasteiger partial charge in [0.15, 0.2) is 0 Å². The van der Waals surface area contributed by atoms with Crippen LogP contribution in [0, 0.1) is 0 Å². The number of hydrogen-bond acceptors (Lipinski definition) is 2. The summed E-state index contributed by atoms with van der Waals surface area (Å²) in [6, 6.07) is 6.97. The third-order valence-corrected chi connectivity index (χ3v) is 4.82. The van der Waals surface area contributed by atoms with Crippen LogP contribution in [0.3, 0.4) is 0 Å². The molecule has 154 valence electrons. The van der Waals surface area contributed by atoms with E-state index in [-0.39, 0.29) is 19.1 Å². The standard InChI is InChI=1S/C20H25F3N2O3/c1-13(25(18(27)28)19(2,3)4)14-5-7-15(8-6-14)16-9-11-24(12-10-16)17(26)20(21,22)23/h5-9,13H,10-12H2,1-4H3,(H,27,28)/t13-/m0/s1. The Balaban J connectivity index is 2.14. The molecule has 0 fully saturated rings. The highest BCUT2D eigenvalue weighted by Crippen LogP contribution is 2.30. The summed E-state index contributed by atoms with van der Waals surface area (Å²) in [5, 5.41) is 9.53. The first kappa shape index (κ1) is 21.8. The number of carboxylic acid groups (broad SMARTS) is 1. The zero-order valence-electron chi connectivity index (χ0n) is 16.4. The van der Waals surface area contributed by atoms with E-state index in [1.165, 1.54) is 4.90 Å². The molecule has 1 aliphatic heterocycles.